The van der Waals surface area contributed by atoms with E-state index < -0.39 is 0 Å². The summed E-state index contributed by atoms with van der Waals surface area (Å²) < 4.78 is 0. The van der Waals surface area contributed by atoms with E-state index in [-0.39, 0.29) is 0 Å². The molecule has 0 saturated carbocycles. The minimum atomic E-state index is 1.09. The lowest BCUT2D eigenvalue weighted by molar-refractivity contribution is 1.33. The topological polar surface area (TPSA) is 12.4 Å². The van der Waals surface area contributed by atoms with Crippen LogP contribution in [0.25, 0.3) is 17.2 Å². The Kier molecular flexibility index (Phi) is 1.60. The van der Waals surface area contributed by atoms with Gasteiger partial charge in [0.25, 0.3) is 0 Å². The SMILES string of the molecule is C1=c2ccc3c(c2SC1)-c1ccccc1N=3. The second kappa shape index (κ2) is 2.98. The van der Waals surface area contributed by atoms with Gasteiger partial charge in [-0.25, -0.2) is 4.99 Å². The Morgan fingerprint density at radius 1 is 1.06 bits per heavy atom. The fourth-order valence-electron chi connectivity index (χ4n) is 2.39. The third kappa shape index (κ3) is 1.000. The van der Waals surface area contributed by atoms with Gasteiger partial charge in [0, 0.05) is 21.8 Å². The van der Waals surface area contributed by atoms with E-state index in [4.69, 9.17) is 0 Å². The largest absolute Gasteiger partial charge is 0.248 e. The molecule has 2 aromatic rings. The van der Waals surface area contributed by atoms with E-state index in [1.807, 2.05) is 17.8 Å². The first-order chi connectivity index (χ1) is 7.93. The van der Waals surface area contributed by atoms with Crippen molar-refractivity contribution in [1.82, 2.24) is 0 Å². The average molecular weight is 223 g/mol. The molecule has 1 nitrogen and oxygen atoms in total. The van der Waals surface area contributed by atoms with Gasteiger partial charge in [-0.05, 0) is 17.4 Å². The summed E-state index contributed by atoms with van der Waals surface area (Å²) in [6.07, 6.45) is 2.29. The molecule has 0 amide bonds. The van der Waals surface area contributed by atoms with Gasteiger partial charge in [0.05, 0.1) is 11.0 Å². The Morgan fingerprint density at radius 2 is 2.00 bits per heavy atom. The van der Waals surface area contributed by atoms with E-state index in [1.165, 1.54) is 21.2 Å². The Balaban J connectivity index is 2.18. The molecule has 0 spiro atoms. The fourth-order valence-corrected chi connectivity index (χ4v) is 3.49. The third-order valence-corrected chi connectivity index (χ3v) is 4.17. The lowest BCUT2D eigenvalue weighted by Crippen LogP contribution is -2.10. The van der Waals surface area contributed by atoms with Gasteiger partial charge in [0.15, 0.2) is 0 Å². The Morgan fingerprint density at radius 3 is 3.00 bits per heavy atom. The van der Waals surface area contributed by atoms with Crippen molar-refractivity contribution in [2.24, 2.45) is 4.99 Å². The van der Waals surface area contributed by atoms with E-state index in [1.54, 1.807) is 0 Å². The number of nitrogens with zero attached hydrogens (tertiary/aromatic N) is 1. The summed E-state index contributed by atoms with van der Waals surface area (Å²) >= 11 is 1.92. The van der Waals surface area contributed by atoms with Crippen LogP contribution in [-0.2, 0) is 0 Å². The summed E-state index contributed by atoms with van der Waals surface area (Å²) in [5, 5.41) is 2.50. The minimum Gasteiger partial charge on any atom is -0.248 e. The van der Waals surface area contributed by atoms with Gasteiger partial charge >= 0.3 is 0 Å². The molecule has 0 fully saturated rings. The molecule has 0 bridgehead atoms. The van der Waals surface area contributed by atoms with Gasteiger partial charge in [-0.1, -0.05) is 30.3 Å². The summed E-state index contributed by atoms with van der Waals surface area (Å²) in [6, 6.07) is 12.7. The highest BCUT2D eigenvalue weighted by Crippen LogP contribution is 2.37. The monoisotopic (exact) mass is 223 g/mol. The van der Waals surface area contributed by atoms with Crippen LogP contribution < -0.4 is 10.6 Å². The molecule has 0 N–H and O–H groups in total. The molecule has 0 atom stereocenters. The van der Waals surface area contributed by atoms with Crippen LogP contribution in [-0.4, -0.2) is 5.75 Å². The molecule has 2 heterocycles. The molecule has 2 aliphatic heterocycles. The number of hydrogen-bond acceptors (Lipinski definition) is 2. The molecule has 0 radical (unpaired) electrons. The third-order valence-electron chi connectivity index (χ3n) is 3.11. The van der Waals surface area contributed by atoms with E-state index in [2.05, 4.69) is 41.4 Å². The Labute approximate surface area is 97.5 Å². The Bertz CT molecular complexity index is 716. The minimum absolute atomic E-state index is 1.09. The lowest BCUT2D eigenvalue weighted by atomic mass is 10.0. The standard InChI is InChI=1S/C14H9NS/c1-2-4-11-10(3-1)13-12(15-11)6-5-9-7-8-16-14(9)13/h1-7H,8H2. The average Bonchev–Trinajstić information content (AvgIpc) is 2.91. The maximum Gasteiger partial charge on any atom is 0.0728 e. The number of fused-ring (bicyclic) bond motifs is 5. The molecule has 4 rings (SSSR count). The van der Waals surface area contributed by atoms with Gasteiger partial charge < -0.3 is 0 Å². The quantitative estimate of drug-likeness (QED) is 0.570. The highest BCUT2D eigenvalue weighted by molar-refractivity contribution is 8.00. The zero-order valence-corrected chi connectivity index (χ0v) is 9.42. The van der Waals surface area contributed by atoms with Crippen LogP contribution in [0.2, 0.25) is 0 Å². The fraction of sp³-hybridized carbons (Fsp3) is 0.0714. The smallest absolute Gasteiger partial charge is 0.0728 e. The van der Waals surface area contributed by atoms with Crippen LogP contribution in [0, 0.1) is 0 Å². The number of para-hydroxylation sites is 1. The van der Waals surface area contributed by atoms with E-state index in [0.29, 0.717) is 0 Å². The predicted molar refractivity (Wildman–Crippen MR) is 67.5 cm³/mol. The van der Waals surface area contributed by atoms with Crippen LogP contribution in [0.1, 0.15) is 0 Å². The van der Waals surface area contributed by atoms with E-state index in [0.717, 1.165) is 16.8 Å². The zero-order chi connectivity index (χ0) is 10.5. The van der Waals surface area contributed by atoms with Crippen molar-refractivity contribution in [3.63, 3.8) is 0 Å². The van der Waals surface area contributed by atoms with Crippen molar-refractivity contribution in [3.05, 3.63) is 47.0 Å². The van der Waals surface area contributed by atoms with Gasteiger partial charge in [0.1, 0.15) is 0 Å². The van der Waals surface area contributed by atoms with Gasteiger partial charge in [-0.3, -0.25) is 0 Å². The molecule has 2 aromatic carbocycles. The zero-order valence-electron chi connectivity index (χ0n) is 8.60. The van der Waals surface area contributed by atoms with Crippen LogP contribution in [0.4, 0.5) is 5.69 Å². The van der Waals surface area contributed by atoms with Crippen LogP contribution >= 0.6 is 11.8 Å². The number of rotatable bonds is 0. The molecule has 0 unspecified atom stereocenters. The molecule has 2 aliphatic rings. The summed E-state index contributed by atoms with van der Waals surface area (Å²) in [6.45, 7) is 0. The first kappa shape index (κ1) is 8.59. The second-order valence-electron chi connectivity index (χ2n) is 4.02. The molecule has 0 saturated heterocycles. The van der Waals surface area contributed by atoms with Crippen LogP contribution in [0.15, 0.2) is 46.3 Å². The first-order valence-electron chi connectivity index (χ1n) is 5.37. The predicted octanol–water partition coefficient (Wildman–Crippen LogP) is 2.50. The van der Waals surface area contributed by atoms with Crippen LogP contribution in [0.3, 0.4) is 0 Å². The first-order valence-corrected chi connectivity index (χ1v) is 6.36. The summed E-state index contributed by atoms with van der Waals surface area (Å²) in [5.41, 5.74) is 3.74. The van der Waals surface area contributed by atoms with Crippen molar-refractivity contribution in [3.8, 4) is 11.1 Å². The highest BCUT2D eigenvalue weighted by atomic mass is 32.2. The van der Waals surface area contributed by atoms with Gasteiger partial charge in [0.2, 0.25) is 0 Å². The molecular formula is C14H9NS. The second-order valence-corrected chi connectivity index (χ2v) is 5.05. The van der Waals surface area contributed by atoms with E-state index in [9.17, 15) is 0 Å². The summed E-state index contributed by atoms with van der Waals surface area (Å²) in [7, 11) is 0. The van der Waals surface area contributed by atoms with Crippen molar-refractivity contribution in [2.75, 3.05) is 5.75 Å². The van der Waals surface area contributed by atoms with E-state index >= 15 is 0 Å². The maximum atomic E-state index is 4.67. The number of thioether (sulfide) groups is 1. The van der Waals surface area contributed by atoms with Crippen molar-refractivity contribution in [2.45, 2.75) is 4.90 Å². The molecular weight excluding hydrogens is 214 g/mol. The summed E-state index contributed by atoms with van der Waals surface area (Å²) in [5.74, 6) is 1.09. The highest BCUT2D eigenvalue weighted by Gasteiger charge is 2.19. The van der Waals surface area contributed by atoms with Gasteiger partial charge in [-0.15, -0.1) is 11.8 Å². The van der Waals surface area contributed by atoms with Crippen molar-refractivity contribution in [1.29, 1.82) is 0 Å². The molecule has 16 heavy (non-hydrogen) atoms. The lowest BCUT2D eigenvalue weighted by Gasteiger charge is -2.03. The Hall–Kier alpha value is -1.54. The molecule has 2 heteroatoms. The summed E-state index contributed by atoms with van der Waals surface area (Å²) in [4.78, 5) is 6.07. The number of benzene rings is 2. The van der Waals surface area contributed by atoms with Crippen molar-refractivity contribution < 1.29 is 0 Å². The number of hydrogen-bond donors (Lipinski definition) is 0. The normalized spacial score (nSPS) is 14.8. The van der Waals surface area contributed by atoms with Crippen molar-refractivity contribution >= 4 is 23.5 Å². The van der Waals surface area contributed by atoms with Gasteiger partial charge in [-0.2, -0.15) is 0 Å². The van der Waals surface area contributed by atoms with Crippen LogP contribution in [0.5, 0.6) is 0 Å². The molecule has 76 valence electrons. The molecule has 0 aromatic heterocycles. The molecule has 0 aliphatic carbocycles. The maximum absolute atomic E-state index is 4.67.